The van der Waals surface area contributed by atoms with E-state index in [4.69, 9.17) is 11.6 Å². The van der Waals surface area contributed by atoms with E-state index in [1.54, 1.807) is 0 Å². The molecule has 1 saturated heterocycles. The number of rotatable bonds is 3. The van der Waals surface area contributed by atoms with Gasteiger partial charge in [0.05, 0.1) is 12.0 Å². The maximum Gasteiger partial charge on any atom is 0.416 e. The second kappa shape index (κ2) is 8.12. The van der Waals surface area contributed by atoms with Crippen LogP contribution in [0.2, 0.25) is 5.02 Å². The van der Waals surface area contributed by atoms with Crippen molar-refractivity contribution in [1.82, 2.24) is 10.2 Å². The Balaban J connectivity index is 0.00000288. The molecule has 24 heavy (non-hydrogen) atoms. The Morgan fingerprint density at radius 2 is 1.67 bits per heavy atom. The molecule has 1 aromatic rings. The first kappa shape index (κ1) is 21.3. The lowest BCUT2D eigenvalue weighted by Gasteiger charge is -2.36. The maximum absolute atomic E-state index is 13.2. The summed E-state index contributed by atoms with van der Waals surface area (Å²) >= 11 is 5.60. The van der Waals surface area contributed by atoms with Gasteiger partial charge in [-0.15, -0.1) is 12.4 Å². The third kappa shape index (κ3) is 5.68. The highest BCUT2D eigenvalue weighted by molar-refractivity contribution is 6.30. The highest BCUT2D eigenvalue weighted by Gasteiger charge is 2.41. The van der Waals surface area contributed by atoms with Gasteiger partial charge in [-0.3, -0.25) is 4.90 Å². The molecule has 2 nitrogen and oxygen atoms in total. The van der Waals surface area contributed by atoms with E-state index in [1.807, 2.05) is 0 Å². The Bertz CT molecular complexity index is 541. The minimum atomic E-state index is -4.77. The molecule has 0 aliphatic carbocycles. The van der Waals surface area contributed by atoms with Gasteiger partial charge in [0.15, 0.2) is 0 Å². The van der Waals surface area contributed by atoms with E-state index in [2.05, 4.69) is 5.32 Å². The Morgan fingerprint density at radius 3 is 2.17 bits per heavy atom. The summed E-state index contributed by atoms with van der Waals surface area (Å²) in [5.74, 6) is 0. The quantitative estimate of drug-likeness (QED) is 0.746. The van der Waals surface area contributed by atoms with Crippen LogP contribution in [0.25, 0.3) is 0 Å². The van der Waals surface area contributed by atoms with E-state index in [0.717, 1.165) is 6.07 Å². The van der Waals surface area contributed by atoms with E-state index in [1.165, 1.54) is 11.0 Å². The molecule has 1 N–H and O–H groups in total. The van der Waals surface area contributed by atoms with Gasteiger partial charge in [0.1, 0.15) is 0 Å². The molecule has 10 heteroatoms. The zero-order chi connectivity index (χ0) is 17.3. The van der Waals surface area contributed by atoms with Gasteiger partial charge in [-0.2, -0.15) is 26.3 Å². The van der Waals surface area contributed by atoms with E-state index >= 15 is 0 Å². The summed E-state index contributed by atoms with van der Waals surface area (Å²) in [4.78, 5) is 1.43. The Labute approximate surface area is 146 Å². The lowest BCUT2D eigenvalue weighted by atomic mass is 9.95. The van der Waals surface area contributed by atoms with Crippen LogP contribution in [-0.2, 0) is 6.18 Å². The number of alkyl halides is 6. The van der Waals surface area contributed by atoms with Crippen molar-refractivity contribution in [2.45, 2.75) is 24.8 Å². The second-order valence-electron chi connectivity index (χ2n) is 5.35. The minimum absolute atomic E-state index is 0. The highest BCUT2D eigenvalue weighted by atomic mass is 35.5. The number of halogens is 8. The fourth-order valence-electron chi connectivity index (χ4n) is 2.71. The van der Waals surface area contributed by atoms with Crippen LogP contribution in [0.5, 0.6) is 0 Å². The predicted octanol–water partition coefficient (Wildman–Crippen LogP) is 4.68. The lowest BCUT2D eigenvalue weighted by molar-refractivity contribution is -0.153. The highest BCUT2D eigenvalue weighted by Crippen LogP contribution is 2.41. The zero-order valence-electron chi connectivity index (χ0n) is 12.3. The van der Waals surface area contributed by atoms with Crippen LogP contribution in [-0.4, -0.2) is 37.3 Å². The molecule has 1 heterocycles. The first-order valence-corrected chi connectivity index (χ1v) is 7.34. The summed E-state index contributed by atoms with van der Waals surface area (Å²) in [6.07, 6.45) is -10.7. The first-order valence-electron chi connectivity index (χ1n) is 6.96. The van der Waals surface area contributed by atoms with E-state index in [-0.39, 0.29) is 36.1 Å². The van der Waals surface area contributed by atoms with Gasteiger partial charge < -0.3 is 5.32 Å². The number of piperazine rings is 1. The molecule has 0 unspecified atom stereocenters. The molecule has 1 atom stereocenters. The molecule has 0 radical (unpaired) electrons. The number of benzene rings is 1. The van der Waals surface area contributed by atoms with Crippen molar-refractivity contribution in [2.75, 3.05) is 26.2 Å². The van der Waals surface area contributed by atoms with E-state index in [0.29, 0.717) is 19.2 Å². The molecule has 0 saturated carbocycles. The molecule has 1 aromatic carbocycles. The molecule has 1 aliphatic rings. The molecule has 1 fully saturated rings. The van der Waals surface area contributed by atoms with E-state index in [9.17, 15) is 26.3 Å². The van der Waals surface area contributed by atoms with Crippen LogP contribution in [0.4, 0.5) is 26.3 Å². The molecule has 0 amide bonds. The standard InChI is InChI=1S/C14H15ClF6N2.ClH/c15-9-1-2-10(11(7-9)14(19,20)21)12(8-13(16,17)18)23-5-3-22-4-6-23;/h1-2,7,12,22H,3-6,8H2;1H/t12-;/m1./s1. The number of hydrogen-bond acceptors (Lipinski definition) is 2. The van der Waals surface area contributed by atoms with E-state index < -0.39 is 30.4 Å². The fraction of sp³-hybridized carbons (Fsp3) is 0.571. The van der Waals surface area contributed by atoms with Crippen molar-refractivity contribution < 1.29 is 26.3 Å². The van der Waals surface area contributed by atoms with Gasteiger partial charge in [0.25, 0.3) is 0 Å². The number of nitrogens with one attached hydrogen (secondary N) is 1. The van der Waals surface area contributed by atoms with Crippen LogP contribution >= 0.6 is 24.0 Å². The number of nitrogens with zero attached hydrogens (tertiary/aromatic N) is 1. The largest absolute Gasteiger partial charge is 0.416 e. The van der Waals surface area contributed by atoms with Crippen LogP contribution < -0.4 is 5.32 Å². The lowest BCUT2D eigenvalue weighted by Crippen LogP contribution is -2.46. The van der Waals surface area contributed by atoms with Gasteiger partial charge in [0.2, 0.25) is 0 Å². The molecular formula is C14H16Cl2F6N2. The SMILES string of the molecule is Cl.FC(F)(F)C[C@H](c1ccc(Cl)cc1C(F)(F)F)N1CCNCC1. The van der Waals surface area contributed by atoms with Crippen molar-refractivity contribution in [2.24, 2.45) is 0 Å². The first-order chi connectivity index (χ1) is 10.6. The van der Waals surface area contributed by atoms with Gasteiger partial charge >= 0.3 is 12.4 Å². The summed E-state index contributed by atoms with van der Waals surface area (Å²) in [6.45, 7) is 1.37. The molecule has 2 rings (SSSR count). The summed E-state index contributed by atoms with van der Waals surface area (Å²) in [6, 6.07) is 1.54. The molecule has 138 valence electrons. The average molecular weight is 397 g/mol. The molecule has 0 spiro atoms. The molecule has 0 aromatic heterocycles. The summed E-state index contributed by atoms with van der Waals surface area (Å²) in [7, 11) is 0. The van der Waals surface area contributed by atoms with Crippen LogP contribution in [0.1, 0.15) is 23.6 Å². The number of hydrogen-bond donors (Lipinski definition) is 1. The summed E-state index contributed by atoms with van der Waals surface area (Å²) in [5, 5.41) is 2.81. The van der Waals surface area contributed by atoms with Crippen molar-refractivity contribution >= 4 is 24.0 Å². The van der Waals surface area contributed by atoms with Gasteiger partial charge in [-0.25, -0.2) is 0 Å². The maximum atomic E-state index is 13.2. The van der Waals surface area contributed by atoms with Crippen LogP contribution in [0.15, 0.2) is 18.2 Å². The van der Waals surface area contributed by atoms with Crippen molar-refractivity contribution in [1.29, 1.82) is 0 Å². The Kier molecular flexibility index (Phi) is 7.22. The van der Waals surface area contributed by atoms with Gasteiger partial charge in [-0.05, 0) is 17.7 Å². The molecule has 0 bridgehead atoms. The normalized spacial score (nSPS) is 18.1. The van der Waals surface area contributed by atoms with Crippen molar-refractivity contribution in [3.05, 3.63) is 34.3 Å². The third-order valence-corrected chi connectivity index (χ3v) is 3.93. The molecule has 1 aliphatic heterocycles. The summed E-state index contributed by atoms with van der Waals surface area (Å²) in [5.41, 5.74) is -1.50. The monoisotopic (exact) mass is 396 g/mol. The predicted molar refractivity (Wildman–Crippen MR) is 81.6 cm³/mol. The molecular weight excluding hydrogens is 381 g/mol. The third-order valence-electron chi connectivity index (χ3n) is 3.70. The smallest absolute Gasteiger partial charge is 0.314 e. The Morgan fingerprint density at radius 1 is 1.08 bits per heavy atom. The fourth-order valence-corrected chi connectivity index (χ4v) is 2.89. The summed E-state index contributed by atoms with van der Waals surface area (Å²) < 4.78 is 78.4. The minimum Gasteiger partial charge on any atom is -0.314 e. The van der Waals surface area contributed by atoms with Crippen LogP contribution in [0.3, 0.4) is 0 Å². The van der Waals surface area contributed by atoms with Crippen LogP contribution in [0, 0.1) is 0 Å². The topological polar surface area (TPSA) is 15.3 Å². The van der Waals surface area contributed by atoms with Crippen molar-refractivity contribution in [3.63, 3.8) is 0 Å². The second-order valence-corrected chi connectivity index (χ2v) is 5.79. The zero-order valence-corrected chi connectivity index (χ0v) is 13.9. The average Bonchev–Trinajstić information content (AvgIpc) is 2.44. The van der Waals surface area contributed by atoms with Gasteiger partial charge in [-0.1, -0.05) is 17.7 Å². The Hall–Kier alpha value is -0.700. The van der Waals surface area contributed by atoms with Crippen molar-refractivity contribution in [3.8, 4) is 0 Å². The van der Waals surface area contributed by atoms with Gasteiger partial charge in [0, 0.05) is 37.2 Å².